The average molecular weight is 547 g/mol. The van der Waals surface area contributed by atoms with Crippen molar-refractivity contribution < 1.29 is 9.59 Å². The Kier molecular flexibility index (Phi) is 9.31. The Balaban J connectivity index is 1.96. The molecule has 0 aliphatic rings. The number of aromatic nitrogens is 2. The summed E-state index contributed by atoms with van der Waals surface area (Å²) in [6, 6.07) is 11.8. The van der Waals surface area contributed by atoms with E-state index in [4.69, 9.17) is 16.9 Å². The number of nitrogens with one attached hydrogen (secondary N) is 4. The summed E-state index contributed by atoms with van der Waals surface area (Å²) in [5.74, 6) is -0.626. The van der Waals surface area contributed by atoms with E-state index in [1.54, 1.807) is 42.5 Å². The lowest BCUT2D eigenvalue weighted by Gasteiger charge is -2.22. The van der Waals surface area contributed by atoms with Crippen LogP contribution in [0.1, 0.15) is 62.5 Å². The zero-order valence-corrected chi connectivity index (χ0v) is 23.6. The van der Waals surface area contributed by atoms with E-state index < -0.39 is 17.0 Å². The normalized spacial score (nSPS) is 11.9. The standard InChI is InChI=1S/C29H38N8O3/c1-6-17(2)35-27(39)21-11-20(12-22(30)13-21)23-15-34-26(36-29(3,4)5)28(40)37(23)16-24(38)33-14-18-7-9-19(10-8-18)25(31)32/h7-13,15,17H,6,14,16,30H2,1-5H3,(H3,31,32)(H,33,38)(H,34,36)(H,35,39)/t17-/m0/s1. The quantitative estimate of drug-likeness (QED) is 0.128. The number of nitrogen functional groups attached to an aromatic ring is 2. The molecule has 0 saturated heterocycles. The molecule has 3 rings (SSSR count). The Bertz CT molecular complexity index is 1460. The highest BCUT2D eigenvalue weighted by Gasteiger charge is 2.20. The Labute approximate surface area is 233 Å². The first-order valence-electron chi connectivity index (χ1n) is 13.1. The van der Waals surface area contributed by atoms with Gasteiger partial charge < -0.3 is 27.4 Å². The van der Waals surface area contributed by atoms with Crippen molar-refractivity contribution in [3.05, 3.63) is 75.7 Å². The van der Waals surface area contributed by atoms with Crippen LogP contribution in [0.2, 0.25) is 0 Å². The third-order valence-corrected chi connectivity index (χ3v) is 6.11. The SMILES string of the molecule is CC[C@H](C)NC(=O)c1cc(N)cc(-c2cnc(NC(C)(C)C)c(=O)n2CC(=O)NCc2ccc(C(=N)N)cc2)c1. The van der Waals surface area contributed by atoms with Crippen molar-refractivity contribution >= 4 is 29.2 Å². The zero-order valence-electron chi connectivity index (χ0n) is 23.6. The lowest BCUT2D eigenvalue weighted by atomic mass is 10.1. The predicted molar refractivity (Wildman–Crippen MR) is 158 cm³/mol. The van der Waals surface area contributed by atoms with Crippen LogP contribution in [0, 0.1) is 5.41 Å². The van der Waals surface area contributed by atoms with Gasteiger partial charge in [0.2, 0.25) is 5.91 Å². The van der Waals surface area contributed by atoms with Crippen LogP contribution in [-0.2, 0) is 17.9 Å². The van der Waals surface area contributed by atoms with Gasteiger partial charge in [-0.2, -0.15) is 0 Å². The largest absolute Gasteiger partial charge is 0.399 e. The molecule has 212 valence electrons. The molecule has 0 fully saturated rings. The van der Waals surface area contributed by atoms with Crippen LogP contribution < -0.4 is 33.0 Å². The first kappa shape index (κ1) is 29.9. The smallest absolute Gasteiger partial charge is 0.294 e. The van der Waals surface area contributed by atoms with Gasteiger partial charge in [-0.25, -0.2) is 4.98 Å². The summed E-state index contributed by atoms with van der Waals surface area (Å²) in [7, 11) is 0. The number of carbonyl (C=O) groups excluding carboxylic acids is 2. The molecule has 40 heavy (non-hydrogen) atoms. The summed E-state index contributed by atoms with van der Waals surface area (Å²) in [6.45, 7) is 9.51. The van der Waals surface area contributed by atoms with E-state index >= 15 is 0 Å². The fourth-order valence-electron chi connectivity index (χ4n) is 3.86. The number of anilines is 2. The van der Waals surface area contributed by atoms with Crippen molar-refractivity contribution in [1.82, 2.24) is 20.2 Å². The third-order valence-electron chi connectivity index (χ3n) is 6.11. The summed E-state index contributed by atoms with van der Waals surface area (Å²) >= 11 is 0. The molecule has 11 heteroatoms. The molecule has 0 unspecified atom stereocenters. The Hall–Kier alpha value is -4.67. The Morgan fingerprint density at radius 1 is 1.10 bits per heavy atom. The van der Waals surface area contributed by atoms with Crippen molar-refractivity contribution in [2.24, 2.45) is 5.73 Å². The van der Waals surface area contributed by atoms with Gasteiger partial charge in [-0.15, -0.1) is 0 Å². The fourth-order valence-corrected chi connectivity index (χ4v) is 3.86. The number of hydrogen-bond acceptors (Lipinski definition) is 7. The second-order valence-electron chi connectivity index (χ2n) is 10.8. The monoisotopic (exact) mass is 546 g/mol. The molecule has 1 heterocycles. The van der Waals surface area contributed by atoms with Crippen LogP contribution in [0.4, 0.5) is 11.5 Å². The number of amidine groups is 1. The molecule has 8 N–H and O–H groups in total. The van der Waals surface area contributed by atoms with Crippen LogP contribution in [0.3, 0.4) is 0 Å². The molecule has 0 spiro atoms. The average Bonchev–Trinajstić information content (AvgIpc) is 2.88. The van der Waals surface area contributed by atoms with E-state index in [1.807, 2.05) is 34.6 Å². The number of benzene rings is 2. The highest BCUT2D eigenvalue weighted by Crippen LogP contribution is 2.24. The van der Waals surface area contributed by atoms with Gasteiger partial charge in [0.15, 0.2) is 5.82 Å². The maximum atomic E-state index is 13.6. The van der Waals surface area contributed by atoms with Gasteiger partial charge in [-0.1, -0.05) is 31.2 Å². The van der Waals surface area contributed by atoms with E-state index in [-0.39, 0.29) is 36.7 Å². The number of nitrogens with two attached hydrogens (primary N) is 2. The van der Waals surface area contributed by atoms with E-state index in [9.17, 15) is 14.4 Å². The molecule has 2 amide bonds. The molecule has 2 aromatic carbocycles. The Morgan fingerprint density at radius 3 is 2.38 bits per heavy atom. The first-order chi connectivity index (χ1) is 18.8. The third kappa shape index (κ3) is 7.92. The lowest BCUT2D eigenvalue weighted by Crippen LogP contribution is -2.37. The Morgan fingerprint density at radius 2 is 1.77 bits per heavy atom. The second kappa shape index (κ2) is 12.5. The number of nitrogens with zero attached hydrogens (tertiary/aromatic N) is 2. The van der Waals surface area contributed by atoms with Gasteiger partial charge in [-0.05, 0) is 57.9 Å². The number of hydrogen-bond donors (Lipinski definition) is 6. The van der Waals surface area contributed by atoms with E-state index in [1.165, 1.54) is 10.8 Å². The minimum atomic E-state index is -0.485. The maximum Gasteiger partial charge on any atom is 0.294 e. The minimum Gasteiger partial charge on any atom is -0.399 e. The number of carbonyl (C=O) groups is 2. The van der Waals surface area contributed by atoms with Crippen molar-refractivity contribution in [3.8, 4) is 11.3 Å². The minimum absolute atomic E-state index is 0.0256. The molecule has 0 bridgehead atoms. The van der Waals surface area contributed by atoms with E-state index in [2.05, 4.69) is 20.9 Å². The lowest BCUT2D eigenvalue weighted by molar-refractivity contribution is -0.121. The summed E-state index contributed by atoms with van der Waals surface area (Å²) in [6.07, 6.45) is 2.26. The van der Waals surface area contributed by atoms with Gasteiger partial charge in [0, 0.05) is 40.5 Å². The summed E-state index contributed by atoms with van der Waals surface area (Å²) < 4.78 is 1.32. The van der Waals surface area contributed by atoms with Crippen molar-refractivity contribution in [1.29, 1.82) is 5.41 Å². The van der Waals surface area contributed by atoms with Crippen LogP contribution in [0.25, 0.3) is 11.3 Å². The number of rotatable bonds is 10. The van der Waals surface area contributed by atoms with E-state index in [0.717, 1.165) is 12.0 Å². The fraction of sp³-hybridized carbons (Fsp3) is 0.345. The van der Waals surface area contributed by atoms with Gasteiger partial charge >= 0.3 is 0 Å². The van der Waals surface area contributed by atoms with Crippen LogP contribution in [-0.4, -0.2) is 38.8 Å². The summed E-state index contributed by atoms with van der Waals surface area (Å²) in [4.78, 5) is 43.8. The molecule has 0 aliphatic heterocycles. The second-order valence-corrected chi connectivity index (χ2v) is 10.8. The van der Waals surface area contributed by atoms with Crippen LogP contribution in [0.5, 0.6) is 0 Å². The van der Waals surface area contributed by atoms with Crippen molar-refractivity contribution in [3.63, 3.8) is 0 Å². The first-order valence-corrected chi connectivity index (χ1v) is 13.1. The van der Waals surface area contributed by atoms with Crippen LogP contribution >= 0.6 is 0 Å². The topological polar surface area (TPSA) is 181 Å². The number of amides is 2. The molecule has 1 atom stereocenters. The molecule has 0 radical (unpaired) electrons. The molecule has 1 aromatic heterocycles. The molecule has 3 aromatic rings. The van der Waals surface area contributed by atoms with Crippen molar-refractivity contribution in [2.75, 3.05) is 11.1 Å². The molecule has 0 aliphatic carbocycles. The van der Waals surface area contributed by atoms with Crippen LogP contribution in [0.15, 0.2) is 53.5 Å². The van der Waals surface area contributed by atoms with Gasteiger partial charge in [-0.3, -0.25) is 24.4 Å². The molecule has 0 saturated carbocycles. The predicted octanol–water partition coefficient (Wildman–Crippen LogP) is 2.83. The summed E-state index contributed by atoms with van der Waals surface area (Å²) in [5, 5.41) is 16.3. The molecule has 11 nitrogen and oxygen atoms in total. The van der Waals surface area contributed by atoms with Gasteiger partial charge in [0.1, 0.15) is 12.4 Å². The van der Waals surface area contributed by atoms with Gasteiger partial charge in [0.25, 0.3) is 11.5 Å². The molecular weight excluding hydrogens is 508 g/mol. The zero-order chi connectivity index (χ0) is 29.6. The highest BCUT2D eigenvalue weighted by atomic mass is 16.2. The highest BCUT2D eigenvalue weighted by molar-refractivity contribution is 5.97. The summed E-state index contributed by atoms with van der Waals surface area (Å²) in [5.41, 5.74) is 13.6. The van der Waals surface area contributed by atoms with E-state index in [0.29, 0.717) is 28.1 Å². The maximum absolute atomic E-state index is 13.6. The molecular formula is C29H38N8O3. The van der Waals surface area contributed by atoms with Gasteiger partial charge in [0.05, 0.1) is 11.9 Å². The van der Waals surface area contributed by atoms with Crippen molar-refractivity contribution in [2.45, 2.75) is 65.7 Å².